The fourth-order valence-corrected chi connectivity index (χ4v) is 1.80. The van der Waals surface area contributed by atoms with Gasteiger partial charge < -0.3 is 14.8 Å². The SMILES string of the molecule is C=CCCCNC(C)c1ccc(OC)c(OC)c1. The van der Waals surface area contributed by atoms with E-state index in [1.165, 1.54) is 5.56 Å². The molecule has 0 heterocycles. The Balaban J connectivity index is 2.62. The Morgan fingerprint density at radius 1 is 1.28 bits per heavy atom. The van der Waals surface area contributed by atoms with Crippen molar-refractivity contribution in [3.63, 3.8) is 0 Å². The lowest BCUT2D eigenvalue weighted by Crippen LogP contribution is -2.19. The number of unbranched alkanes of at least 4 members (excludes halogenated alkanes) is 1. The molecule has 0 spiro atoms. The van der Waals surface area contributed by atoms with Crippen LogP contribution in [0.2, 0.25) is 0 Å². The standard InChI is InChI=1S/C15H23NO2/c1-5-6-7-10-16-12(2)13-8-9-14(17-3)15(11-13)18-4/h5,8-9,11-12,16H,1,6-7,10H2,2-4H3. The van der Waals surface area contributed by atoms with E-state index in [0.29, 0.717) is 6.04 Å². The summed E-state index contributed by atoms with van der Waals surface area (Å²) in [6, 6.07) is 6.32. The first kappa shape index (κ1) is 14.6. The summed E-state index contributed by atoms with van der Waals surface area (Å²) in [6.45, 7) is 6.85. The molecule has 0 bridgehead atoms. The summed E-state index contributed by atoms with van der Waals surface area (Å²) in [5.41, 5.74) is 1.20. The second-order valence-corrected chi connectivity index (χ2v) is 4.22. The van der Waals surface area contributed by atoms with Crippen LogP contribution in [-0.2, 0) is 0 Å². The lowest BCUT2D eigenvalue weighted by atomic mass is 10.1. The summed E-state index contributed by atoms with van der Waals surface area (Å²) in [5, 5.41) is 3.48. The Bertz CT molecular complexity index is 377. The number of ether oxygens (including phenoxy) is 2. The average Bonchev–Trinajstić information content (AvgIpc) is 2.42. The van der Waals surface area contributed by atoms with E-state index < -0.39 is 0 Å². The van der Waals surface area contributed by atoms with Crippen LogP contribution < -0.4 is 14.8 Å². The highest BCUT2D eigenvalue weighted by molar-refractivity contribution is 5.43. The molecule has 0 aliphatic rings. The molecular weight excluding hydrogens is 226 g/mol. The van der Waals surface area contributed by atoms with Crippen molar-refractivity contribution in [2.45, 2.75) is 25.8 Å². The Labute approximate surface area is 110 Å². The lowest BCUT2D eigenvalue weighted by molar-refractivity contribution is 0.354. The van der Waals surface area contributed by atoms with Gasteiger partial charge in [0.25, 0.3) is 0 Å². The van der Waals surface area contributed by atoms with Crippen molar-refractivity contribution in [2.75, 3.05) is 20.8 Å². The largest absolute Gasteiger partial charge is 0.493 e. The van der Waals surface area contributed by atoms with E-state index in [1.54, 1.807) is 14.2 Å². The molecule has 3 nitrogen and oxygen atoms in total. The molecule has 0 fully saturated rings. The number of hydrogen-bond donors (Lipinski definition) is 1. The Morgan fingerprint density at radius 3 is 2.61 bits per heavy atom. The van der Waals surface area contributed by atoms with Crippen molar-refractivity contribution in [2.24, 2.45) is 0 Å². The van der Waals surface area contributed by atoms with Gasteiger partial charge in [-0.05, 0) is 44.0 Å². The molecule has 1 aromatic rings. The van der Waals surface area contributed by atoms with Crippen LogP contribution in [0, 0.1) is 0 Å². The highest BCUT2D eigenvalue weighted by Gasteiger charge is 2.09. The van der Waals surface area contributed by atoms with E-state index >= 15 is 0 Å². The first-order valence-electron chi connectivity index (χ1n) is 6.29. The number of benzene rings is 1. The number of hydrogen-bond acceptors (Lipinski definition) is 3. The number of rotatable bonds is 8. The molecule has 0 aliphatic carbocycles. The van der Waals surface area contributed by atoms with Crippen LogP contribution in [0.25, 0.3) is 0 Å². The van der Waals surface area contributed by atoms with E-state index in [2.05, 4.69) is 24.9 Å². The van der Waals surface area contributed by atoms with Crippen LogP contribution in [0.1, 0.15) is 31.4 Å². The zero-order valence-electron chi connectivity index (χ0n) is 11.5. The second-order valence-electron chi connectivity index (χ2n) is 4.22. The van der Waals surface area contributed by atoms with E-state index in [0.717, 1.165) is 30.9 Å². The molecule has 1 N–H and O–H groups in total. The fraction of sp³-hybridized carbons (Fsp3) is 0.467. The van der Waals surface area contributed by atoms with E-state index in [1.807, 2.05) is 18.2 Å². The Kier molecular flexibility index (Phi) is 6.29. The van der Waals surface area contributed by atoms with Crippen LogP contribution in [0.5, 0.6) is 11.5 Å². The molecule has 0 radical (unpaired) electrons. The molecule has 0 saturated carbocycles. The average molecular weight is 249 g/mol. The third-order valence-corrected chi connectivity index (χ3v) is 2.94. The fourth-order valence-electron chi connectivity index (χ4n) is 1.80. The molecule has 0 amide bonds. The maximum absolute atomic E-state index is 5.30. The third-order valence-electron chi connectivity index (χ3n) is 2.94. The van der Waals surface area contributed by atoms with Crippen LogP contribution in [0.4, 0.5) is 0 Å². The summed E-state index contributed by atoms with van der Waals surface area (Å²) >= 11 is 0. The van der Waals surface area contributed by atoms with Gasteiger partial charge >= 0.3 is 0 Å². The summed E-state index contributed by atoms with van der Waals surface area (Å²) in [5.74, 6) is 1.54. The predicted octanol–water partition coefficient (Wildman–Crippen LogP) is 3.32. The molecule has 18 heavy (non-hydrogen) atoms. The zero-order valence-corrected chi connectivity index (χ0v) is 11.5. The van der Waals surface area contributed by atoms with Gasteiger partial charge in [-0.2, -0.15) is 0 Å². The molecular formula is C15H23NO2. The van der Waals surface area contributed by atoms with Crippen molar-refractivity contribution in [3.05, 3.63) is 36.4 Å². The van der Waals surface area contributed by atoms with Gasteiger partial charge in [-0.15, -0.1) is 6.58 Å². The van der Waals surface area contributed by atoms with E-state index in [-0.39, 0.29) is 0 Å². The van der Waals surface area contributed by atoms with Gasteiger partial charge in [0, 0.05) is 6.04 Å². The highest BCUT2D eigenvalue weighted by Crippen LogP contribution is 2.29. The first-order valence-corrected chi connectivity index (χ1v) is 6.29. The zero-order chi connectivity index (χ0) is 13.4. The van der Waals surface area contributed by atoms with E-state index in [4.69, 9.17) is 9.47 Å². The maximum Gasteiger partial charge on any atom is 0.161 e. The maximum atomic E-state index is 5.30. The van der Waals surface area contributed by atoms with Crippen LogP contribution >= 0.6 is 0 Å². The monoisotopic (exact) mass is 249 g/mol. The minimum Gasteiger partial charge on any atom is -0.493 e. The predicted molar refractivity (Wildman–Crippen MR) is 75.4 cm³/mol. The second kappa shape index (κ2) is 7.77. The first-order chi connectivity index (χ1) is 8.72. The van der Waals surface area contributed by atoms with Crippen molar-refractivity contribution >= 4 is 0 Å². The van der Waals surface area contributed by atoms with Crippen molar-refractivity contribution in [1.29, 1.82) is 0 Å². The van der Waals surface area contributed by atoms with Crippen LogP contribution in [0.3, 0.4) is 0 Å². The lowest BCUT2D eigenvalue weighted by Gasteiger charge is -2.16. The molecule has 0 aliphatic heterocycles. The van der Waals surface area contributed by atoms with Crippen LogP contribution in [-0.4, -0.2) is 20.8 Å². The summed E-state index contributed by atoms with van der Waals surface area (Å²) in [6.07, 6.45) is 4.11. The van der Waals surface area contributed by atoms with Crippen molar-refractivity contribution in [3.8, 4) is 11.5 Å². The van der Waals surface area contributed by atoms with Gasteiger partial charge in [0.1, 0.15) is 0 Å². The van der Waals surface area contributed by atoms with Gasteiger partial charge in [0.05, 0.1) is 14.2 Å². The third kappa shape index (κ3) is 4.08. The number of allylic oxidation sites excluding steroid dienone is 1. The van der Waals surface area contributed by atoms with Crippen molar-refractivity contribution in [1.82, 2.24) is 5.32 Å². The summed E-state index contributed by atoms with van der Waals surface area (Å²) in [7, 11) is 3.30. The summed E-state index contributed by atoms with van der Waals surface area (Å²) < 4.78 is 10.5. The molecule has 0 saturated heterocycles. The normalized spacial score (nSPS) is 11.9. The van der Waals surface area contributed by atoms with Gasteiger partial charge in [-0.25, -0.2) is 0 Å². The molecule has 1 aromatic carbocycles. The Hall–Kier alpha value is -1.48. The Morgan fingerprint density at radius 2 is 2.00 bits per heavy atom. The minimum atomic E-state index is 0.301. The molecule has 1 unspecified atom stereocenters. The summed E-state index contributed by atoms with van der Waals surface area (Å²) in [4.78, 5) is 0. The number of nitrogens with one attached hydrogen (secondary N) is 1. The molecule has 3 heteroatoms. The highest BCUT2D eigenvalue weighted by atomic mass is 16.5. The smallest absolute Gasteiger partial charge is 0.161 e. The molecule has 0 aromatic heterocycles. The molecule has 100 valence electrons. The van der Waals surface area contributed by atoms with Gasteiger partial charge in [-0.3, -0.25) is 0 Å². The van der Waals surface area contributed by atoms with Gasteiger partial charge in [-0.1, -0.05) is 12.1 Å². The van der Waals surface area contributed by atoms with Gasteiger partial charge in [0.2, 0.25) is 0 Å². The van der Waals surface area contributed by atoms with E-state index in [9.17, 15) is 0 Å². The van der Waals surface area contributed by atoms with Crippen LogP contribution in [0.15, 0.2) is 30.9 Å². The minimum absolute atomic E-state index is 0.301. The molecule has 1 rings (SSSR count). The molecule has 1 atom stereocenters. The quantitative estimate of drug-likeness (QED) is 0.566. The topological polar surface area (TPSA) is 30.5 Å². The number of methoxy groups -OCH3 is 2. The van der Waals surface area contributed by atoms with Crippen molar-refractivity contribution < 1.29 is 9.47 Å². The van der Waals surface area contributed by atoms with Gasteiger partial charge in [0.15, 0.2) is 11.5 Å².